The van der Waals surface area contributed by atoms with Crippen LogP contribution in [-0.2, 0) is 6.54 Å². The number of hydrogen-bond acceptors (Lipinski definition) is 4. The maximum atomic E-state index is 13.4. The summed E-state index contributed by atoms with van der Waals surface area (Å²) in [5.41, 5.74) is 6.03. The van der Waals surface area contributed by atoms with Gasteiger partial charge < -0.3 is 5.32 Å². The zero-order valence-electron chi connectivity index (χ0n) is 14.7. The molecule has 5 rings (SSSR count). The van der Waals surface area contributed by atoms with E-state index in [1.165, 1.54) is 24.0 Å². The minimum Gasteiger partial charge on any atom is -0.340 e. The largest absolute Gasteiger partial charge is 0.340 e. The molecule has 2 heterocycles. The lowest BCUT2D eigenvalue weighted by molar-refractivity contribution is 0.628. The first-order valence-electron chi connectivity index (χ1n) is 8.77. The van der Waals surface area contributed by atoms with E-state index in [4.69, 9.17) is 11.6 Å². The maximum Gasteiger partial charge on any atom is 0.141 e. The van der Waals surface area contributed by atoms with E-state index in [9.17, 15) is 4.39 Å². The maximum absolute atomic E-state index is 13.4. The minimum absolute atomic E-state index is 0.0591. The van der Waals surface area contributed by atoms with Crippen molar-refractivity contribution in [2.75, 3.05) is 5.32 Å². The summed E-state index contributed by atoms with van der Waals surface area (Å²) in [5, 5.41) is 4.14. The van der Waals surface area contributed by atoms with Crippen LogP contribution < -0.4 is 5.32 Å². The summed E-state index contributed by atoms with van der Waals surface area (Å²) in [7, 11) is 0. The van der Waals surface area contributed by atoms with Gasteiger partial charge in [-0.2, -0.15) is 0 Å². The zero-order valence-corrected chi connectivity index (χ0v) is 15.4. The number of nitrogens with one attached hydrogen (secondary N) is 1. The molecule has 0 saturated heterocycles. The molecule has 0 bridgehead atoms. The van der Waals surface area contributed by atoms with Crippen molar-refractivity contribution in [2.24, 2.45) is 4.99 Å². The molecule has 1 aliphatic heterocycles. The van der Waals surface area contributed by atoms with E-state index in [1.807, 2.05) is 18.3 Å². The third-order valence-electron chi connectivity index (χ3n) is 4.79. The van der Waals surface area contributed by atoms with Crippen LogP contribution >= 0.6 is 11.6 Å². The summed E-state index contributed by atoms with van der Waals surface area (Å²) in [6.45, 7) is 0.746. The predicted octanol–water partition coefficient (Wildman–Crippen LogP) is 5.77. The molecule has 4 aromatic rings. The van der Waals surface area contributed by atoms with E-state index in [-0.39, 0.29) is 5.02 Å². The molecule has 0 radical (unpaired) electrons. The van der Waals surface area contributed by atoms with Gasteiger partial charge in [-0.25, -0.2) is 14.4 Å². The molecule has 6 heteroatoms. The monoisotopic (exact) mass is 388 g/mol. The van der Waals surface area contributed by atoms with Crippen LogP contribution in [-0.4, -0.2) is 16.2 Å². The van der Waals surface area contributed by atoms with Gasteiger partial charge >= 0.3 is 0 Å². The highest BCUT2D eigenvalue weighted by Gasteiger charge is 2.11. The highest BCUT2D eigenvalue weighted by atomic mass is 35.5. The molecule has 0 spiro atoms. The summed E-state index contributed by atoms with van der Waals surface area (Å²) in [5.74, 6) is 0.180. The van der Waals surface area contributed by atoms with Gasteiger partial charge in [0.1, 0.15) is 18.0 Å². The third kappa shape index (κ3) is 3.00. The molecule has 136 valence electrons. The lowest BCUT2D eigenvalue weighted by Gasteiger charge is -2.11. The van der Waals surface area contributed by atoms with Crippen molar-refractivity contribution in [3.05, 3.63) is 82.9 Å². The van der Waals surface area contributed by atoms with E-state index < -0.39 is 5.82 Å². The number of halogens is 2. The lowest BCUT2D eigenvalue weighted by Crippen LogP contribution is -1.97. The second kappa shape index (κ2) is 6.69. The Balaban J connectivity index is 1.58. The van der Waals surface area contributed by atoms with Crippen molar-refractivity contribution in [2.45, 2.75) is 6.54 Å². The zero-order chi connectivity index (χ0) is 19.1. The van der Waals surface area contributed by atoms with Gasteiger partial charge in [0, 0.05) is 17.3 Å². The number of hydrogen-bond donors (Lipinski definition) is 1. The molecule has 0 unspecified atom stereocenters. The topological polar surface area (TPSA) is 50.2 Å². The summed E-state index contributed by atoms with van der Waals surface area (Å²) in [6, 6.07) is 16.9. The fourth-order valence-corrected chi connectivity index (χ4v) is 3.51. The van der Waals surface area contributed by atoms with Gasteiger partial charge in [0.2, 0.25) is 0 Å². The van der Waals surface area contributed by atoms with Gasteiger partial charge in [0.05, 0.1) is 17.1 Å². The van der Waals surface area contributed by atoms with E-state index in [0.29, 0.717) is 11.5 Å². The molecule has 28 heavy (non-hydrogen) atoms. The van der Waals surface area contributed by atoms with Crippen molar-refractivity contribution >= 4 is 40.2 Å². The minimum atomic E-state index is -0.456. The number of aromatic nitrogens is 2. The summed E-state index contributed by atoms with van der Waals surface area (Å²) >= 11 is 5.89. The quantitative estimate of drug-likeness (QED) is 0.485. The Morgan fingerprint density at radius 1 is 0.929 bits per heavy atom. The number of rotatable bonds is 3. The average molecular weight is 389 g/mol. The first-order chi connectivity index (χ1) is 13.7. The van der Waals surface area contributed by atoms with Crippen LogP contribution in [0.3, 0.4) is 0 Å². The van der Waals surface area contributed by atoms with Crippen molar-refractivity contribution < 1.29 is 4.39 Å². The molecule has 0 atom stereocenters. The van der Waals surface area contributed by atoms with Gasteiger partial charge in [-0.1, -0.05) is 29.8 Å². The molecule has 1 aliphatic rings. The molecule has 4 nitrogen and oxygen atoms in total. The first kappa shape index (κ1) is 16.8. The van der Waals surface area contributed by atoms with Crippen LogP contribution in [0.15, 0.2) is 65.9 Å². The fraction of sp³-hybridized carbons (Fsp3) is 0.0455. The molecular formula is C22H14ClFN4. The van der Waals surface area contributed by atoms with Gasteiger partial charge in [-0.05, 0) is 58.7 Å². The Labute approximate surface area is 165 Å². The van der Waals surface area contributed by atoms with Gasteiger partial charge in [-0.3, -0.25) is 4.99 Å². The molecule has 3 aromatic carbocycles. The second-order valence-electron chi connectivity index (χ2n) is 6.59. The van der Waals surface area contributed by atoms with E-state index in [0.717, 1.165) is 34.1 Å². The number of anilines is 2. The Hall–Kier alpha value is -3.31. The second-order valence-corrected chi connectivity index (χ2v) is 7.00. The highest BCUT2D eigenvalue weighted by Crippen LogP contribution is 2.31. The predicted molar refractivity (Wildman–Crippen MR) is 111 cm³/mol. The van der Waals surface area contributed by atoms with Crippen molar-refractivity contribution in [3.63, 3.8) is 0 Å². The van der Waals surface area contributed by atoms with E-state index >= 15 is 0 Å². The highest BCUT2D eigenvalue weighted by molar-refractivity contribution is 6.31. The van der Waals surface area contributed by atoms with Crippen LogP contribution in [0.4, 0.5) is 15.9 Å². The van der Waals surface area contributed by atoms with E-state index in [1.54, 1.807) is 6.07 Å². The fourth-order valence-electron chi connectivity index (χ4n) is 3.33. The standard InChI is InChI=1S/C22H14ClFN4/c23-19-9-17(4-5-20(19)24)28-22-18-8-14(3-6-21(18)26-12-27-22)13-1-2-15-10-25-11-16(15)7-13/h1-9,11-12H,10H2,(H,26,27,28). The summed E-state index contributed by atoms with van der Waals surface area (Å²) in [4.78, 5) is 13.0. The van der Waals surface area contributed by atoms with E-state index in [2.05, 4.69) is 44.5 Å². The molecule has 0 saturated carbocycles. The van der Waals surface area contributed by atoms with Gasteiger partial charge in [-0.15, -0.1) is 0 Å². The summed E-state index contributed by atoms with van der Waals surface area (Å²) in [6.07, 6.45) is 3.41. The molecular weight excluding hydrogens is 375 g/mol. The Bertz CT molecular complexity index is 1250. The van der Waals surface area contributed by atoms with Crippen LogP contribution in [0.2, 0.25) is 5.02 Å². The van der Waals surface area contributed by atoms with Crippen LogP contribution in [0, 0.1) is 5.82 Å². The molecule has 0 amide bonds. The van der Waals surface area contributed by atoms with Gasteiger partial charge in [0.25, 0.3) is 0 Å². The lowest BCUT2D eigenvalue weighted by atomic mass is 9.99. The van der Waals surface area contributed by atoms with Crippen molar-refractivity contribution in [3.8, 4) is 11.1 Å². The molecule has 1 aromatic heterocycles. The Morgan fingerprint density at radius 2 is 1.79 bits per heavy atom. The SMILES string of the molecule is Fc1ccc(Nc2ncnc3ccc(-c4ccc5c(c4)C=NC5)cc23)cc1Cl. The number of nitrogens with zero attached hydrogens (tertiary/aromatic N) is 3. The molecule has 1 N–H and O–H groups in total. The number of benzene rings is 3. The number of fused-ring (bicyclic) bond motifs is 2. The Morgan fingerprint density at radius 3 is 2.68 bits per heavy atom. The van der Waals surface area contributed by atoms with Crippen LogP contribution in [0.25, 0.3) is 22.0 Å². The molecule has 0 aliphatic carbocycles. The average Bonchev–Trinajstić information content (AvgIpc) is 3.18. The van der Waals surface area contributed by atoms with Crippen molar-refractivity contribution in [1.82, 2.24) is 9.97 Å². The third-order valence-corrected chi connectivity index (χ3v) is 5.08. The first-order valence-corrected chi connectivity index (χ1v) is 9.15. The van der Waals surface area contributed by atoms with Crippen LogP contribution in [0.1, 0.15) is 11.1 Å². The summed E-state index contributed by atoms with van der Waals surface area (Å²) < 4.78 is 13.4. The van der Waals surface area contributed by atoms with Crippen molar-refractivity contribution in [1.29, 1.82) is 0 Å². The smallest absolute Gasteiger partial charge is 0.141 e. The van der Waals surface area contributed by atoms with Gasteiger partial charge in [0.15, 0.2) is 0 Å². The van der Waals surface area contributed by atoms with Crippen LogP contribution in [0.5, 0.6) is 0 Å². The normalized spacial score (nSPS) is 12.4. The number of aliphatic imine (C=N–C) groups is 1. The Kier molecular flexibility index (Phi) is 4.02. The molecule has 0 fully saturated rings.